The molecule has 0 spiro atoms. The van der Waals surface area contributed by atoms with E-state index in [0.717, 1.165) is 30.7 Å². The van der Waals surface area contributed by atoms with Gasteiger partial charge in [-0.1, -0.05) is 69.4 Å². The Bertz CT molecular complexity index is 574. The largest absolute Gasteiger partial charge is 0.366 e. The predicted octanol–water partition coefficient (Wildman–Crippen LogP) is 5.66. The highest BCUT2D eigenvalue weighted by Gasteiger charge is 2.20. The van der Waals surface area contributed by atoms with E-state index in [-0.39, 0.29) is 0 Å². The van der Waals surface area contributed by atoms with Crippen LogP contribution in [0.3, 0.4) is 0 Å². The van der Waals surface area contributed by atoms with Gasteiger partial charge in [0.25, 0.3) is 0 Å². The van der Waals surface area contributed by atoms with Crippen molar-refractivity contribution in [2.24, 2.45) is 11.8 Å². The number of aromatic nitrogens is 3. The van der Waals surface area contributed by atoms with E-state index >= 15 is 0 Å². The maximum Gasteiger partial charge on any atom is 0.168 e. The molecule has 5 nitrogen and oxygen atoms in total. The fourth-order valence-corrected chi connectivity index (χ4v) is 5.91. The van der Waals surface area contributed by atoms with Crippen molar-refractivity contribution in [3.05, 3.63) is 6.20 Å². The van der Waals surface area contributed by atoms with Crippen LogP contribution in [-0.4, -0.2) is 46.1 Å². The maximum atomic E-state index is 4.38. The number of likely N-dealkylation sites (tertiary alicyclic amines) is 1. The Hall–Kier alpha value is -1.10. The monoisotopic (exact) mass is 401 g/mol. The summed E-state index contributed by atoms with van der Waals surface area (Å²) in [4.78, 5) is 2.67. The molecule has 0 radical (unpaired) electrons. The highest BCUT2D eigenvalue weighted by atomic mass is 15.5. The molecule has 0 bridgehead atoms. The fourth-order valence-electron chi connectivity index (χ4n) is 5.91. The summed E-state index contributed by atoms with van der Waals surface area (Å²) in [6.45, 7) is 4.67. The summed E-state index contributed by atoms with van der Waals surface area (Å²) in [5.41, 5.74) is 0. The van der Waals surface area contributed by atoms with Crippen molar-refractivity contribution < 1.29 is 0 Å². The molecule has 2 aliphatic carbocycles. The summed E-state index contributed by atoms with van der Waals surface area (Å²) in [6.07, 6.45) is 23.4. The third-order valence-electron chi connectivity index (χ3n) is 7.84. The van der Waals surface area contributed by atoms with Gasteiger partial charge >= 0.3 is 0 Å². The van der Waals surface area contributed by atoms with Gasteiger partial charge in [-0.3, -0.25) is 0 Å². The normalized spacial score (nSPS) is 25.7. The number of nitrogens with zero attached hydrogens (tertiary/aromatic N) is 4. The number of anilines is 1. The van der Waals surface area contributed by atoms with Crippen molar-refractivity contribution in [3.63, 3.8) is 0 Å². The Labute approximate surface area is 178 Å². The SMILES string of the molecule is c1c(NCCN2CCCC(CCC3CCCCC3)CC2)nnn1C1CCCCC1. The Balaban J connectivity index is 1.12. The zero-order chi connectivity index (χ0) is 19.7. The molecule has 2 heterocycles. The van der Waals surface area contributed by atoms with Crippen LogP contribution in [0, 0.1) is 11.8 Å². The zero-order valence-corrected chi connectivity index (χ0v) is 18.5. The first kappa shape index (κ1) is 21.1. The molecule has 1 atom stereocenters. The second-order valence-corrected chi connectivity index (χ2v) is 10.0. The minimum Gasteiger partial charge on any atom is -0.366 e. The molecule has 1 aromatic heterocycles. The second kappa shape index (κ2) is 11.3. The summed E-state index contributed by atoms with van der Waals surface area (Å²) in [5, 5.41) is 12.3. The minimum absolute atomic E-state index is 0.572. The van der Waals surface area contributed by atoms with Crippen LogP contribution in [-0.2, 0) is 0 Å². The van der Waals surface area contributed by atoms with Gasteiger partial charge in [0.1, 0.15) is 0 Å². The van der Waals surface area contributed by atoms with E-state index in [1.807, 2.05) is 0 Å². The van der Waals surface area contributed by atoms with Crippen LogP contribution in [0.1, 0.15) is 102 Å². The number of rotatable bonds is 8. The van der Waals surface area contributed by atoms with Gasteiger partial charge in [0.15, 0.2) is 5.82 Å². The van der Waals surface area contributed by atoms with E-state index in [0.29, 0.717) is 6.04 Å². The topological polar surface area (TPSA) is 46.0 Å². The molecular weight excluding hydrogens is 358 g/mol. The number of hydrogen-bond acceptors (Lipinski definition) is 4. The van der Waals surface area contributed by atoms with Crippen molar-refractivity contribution in [1.29, 1.82) is 0 Å². The van der Waals surface area contributed by atoms with Crippen LogP contribution in [0.15, 0.2) is 6.20 Å². The molecule has 5 heteroatoms. The maximum absolute atomic E-state index is 4.38. The van der Waals surface area contributed by atoms with Crippen molar-refractivity contribution in [3.8, 4) is 0 Å². The molecule has 1 saturated heterocycles. The molecule has 1 N–H and O–H groups in total. The van der Waals surface area contributed by atoms with Crippen LogP contribution in [0.25, 0.3) is 0 Å². The first-order chi connectivity index (χ1) is 14.4. The molecule has 1 aromatic rings. The van der Waals surface area contributed by atoms with Crippen LogP contribution in [0.5, 0.6) is 0 Å². The molecular formula is C24H43N5. The van der Waals surface area contributed by atoms with Crippen LogP contribution >= 0.6 is 0 Å². The van der Waals surface area contributed by atoms with Gasteiger partial charge < -0.3 is 10.2 Å². The molecule has 1 unspecified atom stereocenters. The average Bonchev–Trinajstić information content (AvgIpc) is 3.13. The quantitative estimate of drug-likeness (QED) is 0.611. The summed E-state index contributed by atoms with van der Waals surface area (Å²) in [5.74, 6) is 2.98. The van der Waals surface area contributed by atoms with E-state index in [1.54, 1.807) is 0 Å². The molecule has 29 heavy (non-hydrogen) atoms. The molecule has 0 amide bonds. The Kier molecular flexibility index (Phi) is 8.26. The molecule has 164 valence electrons. The molecule has 3 fully saturated rings. The average molecular weight is 402 g/mol. The van der Waals surface area contributed by atoms with E-state index in [1.165, 1.54) is 109 Å². The lowest BCUT2D eigenvalue weighted by Crippen LogP contribution is -2.30. The Morgan fingerprint density at radius 2 is 1.48 bits per heavy atom. The Morgan fingerprint density at radius 3 is 2.28 bits per heavy atom. The van der Waals surface area contributed by atoms with Gasteiger partial charge in [0.05, 0.1) is 12.2 Å². The lowest BCUT2D eigenvalue weighted by Gasteiger charge is -2.24. The van der Waals surface area contributed by atoms with E-state index < -0.39 is 0 Å². The lowest BCUT2D eigenvalue weighted by atomic mass is 9.83. The number of hydrogen-bond donors (Lipinski definition) is 1. The van der Waals surface area contributed by atoms with Crippen LogP contribution in [0.4, 0.5) is 5.82 Å². The summed E-state index contributed by atoms with van der Waals surface area (Å²) in [7, 11) is 0. The molecule has 2 saturated carbocycles. The molecule has 0 aromatic carbocycles. The molecule has 1 aliphatic heterocycles. The molecule has 4 rings (SSSR count). The van der Waals surface area contributed by atoms with Crippen molar-refractivity contribution in [2.75, 3.05) is 31.5 Å². The van der Waals surface area contributed by atoms with Gasteiger partial charge in [-0.15, -0.1) is 5.10 Å². The van der Waals surface area contributed by atoms with Crippen molar-refractivity contribution in [2.45, 2.75) is 102 Å². The third kappa shape index (κ3) is 6.70. The van der Waals surface area contributed by atoms with Gasteiger partial charge in [0.2, 0.25) is 0 Å². The molecule has 3 aliphatic rings. The Morgan fingerprint density at radius 1 is 0.793 bits per heavy atom. The van der Waals surface area contributed by atoms with Crippen molar-refractivity contribution in [1.82, 2.24) is 19.9 Å². The van der Waals surface area contributed by atoms with Gasteiger partial charge in [-0.05, 0) is 57.0 Å². The summed E-state index contributed by atoms with van der Waals surface area (Å²) < 4.78 is 2.10. The highest BCUT2D eigenvalue weighted by molar-refractivity contribution is 5.29. The standard InChI is InChI=1S/C24H43N5/c1-3-8-21(9-4-1)13-14-22-10-7-17-28(18-15-22)19-16-25-24-20-29(27-26-24)23-11-5-2-6-12-23/h20-23,25H,1-19H2. The number of nitrogens with one attached hydrogen (secondary N) is 1. The van der Waals surface area contributed by atoms with Gasteiger partial charge in [0, 0.05) is 13.1 Å². The van der Waals surface area contributed by atoms with Gasteiger partial charge in [-0.25, -0.2) is 4.68 Å². The smallest absolute Gasteiger partial charge is 0.168 e. The zero-order valence-electron chi connectivity index (χ0n) is 18.5. The van der Waals surface area contributed by atoms with E-state index in [2.05, 4.69) is 31.4 Å². The fraction of sp³-hybridized carbons (Fsp3) is 0.917. The first-order valence-corrected chi connectivity index (χ1v) is 12.7. The van der Waals surface area contributed by atoms with E-state index in [9.17, 15) is 0 Å². The van der Waals surface area contributed by atoms with Crippen molar-refractivity contribution >= 4 is 5.82 Å². The van der Waals surface area contributed by atoms with E-state index in [4.69, 9.17) is 0 Å². The third-order valence-corrected chi connectivity index (χ3v) is 7.84. The van der Waals surface area contributed by atoms with Gasteiger partial charge in [-0.2, -0.15) is 0 Å². The second-order valence-electron chi connectivity index (χ2n) is 10.0. The minimum atomic E-state index is 0.572. The lowest BCUT2D eigenvalue weighted by molar-refractivity contribution is 0.278. The van der Waals surface area contributed by atoms with Crippen LogP contribution < -0.4 is 5.32 Å². The predicted molar refractivity (Wildman–Crippen MR) is 120 cm³/mol. The first-order valence-electron chi connectivity index (χ1n) is 12.7. The van der Waals surface area contributed by atoms with Crippen LogP contribution in [0.2, 0.25) is 0 Å². The highest BCUT2D eigenvalue weighted by Crippen LogP contribution is 2.31. The summed E-state index contributed by atoms with van der Waals surface area (Å²) >= 11 is 0. The summed E-state index contributed by atoms with van der Waals surface area (Å²) in [6, 6.07) is 0.572.